The molecule has 0 bridgehead atoms. The van der Waals surface area contributed by atoms with Gasteiger partial charge in [0.25, 0.3) is 11.8 Å². The molecule has 1 aliphatic heterocycles. The van der Waals surface area contributed by atoms with Crippen LogP contribution < -0.4 is 0 Å². The van der Waals surface area contributed by atoms with Crippen molar-refractivity contribution in [2.75, 3.05) is 0 Å². The minimum Gasteiger partial charge on any atom is -0.329 e. The standard InChI is InChI=1S/C20H19NO4/c1-20(2,3)14-10-8-13(9-11-14)12-17(22)25-21-18(23)15-6-4-5-7-16(15)19(21)24/h4-11H,12H2,1-3H3. The third-order valence-electron chi connectivity index (χ3n) is 4.12. The van der Waals surface area contributed by atoms with Crippen LogP contribution in [-0.2, 0) is 21.5 Å². The lowest BCUT2D eigenvalue weighted by atomic mass is 9.86. The van der Waals surface area contributed by atoms with Crippen molar-refractivity contribution in [3.8, 4) is 0 Å². The number of carbonyl (C=O) groups excluding carboxylic acids is 3. The third-order valence-corrected chi connectivity index (χ3v) is 4.12. The molecule has 0 saturated carbocycles. The van der Waals surface area contributed by atoms with Crippen molar-refractivity contribution in [3.63, 3.8) is 0 Å². The number of imide groups is 1. The minimum atomic E-state index is -0.655. The molecule has 0 aliphatic carbocycles. The van der Waals surface area contributed by atoms with Gasteiger partial charge in [-0.15, -0.1) is 0 Å². The lowest BCUT2D eigenvalue weighted by molar-refractivity contribution is -0.167. The van der Waals surface area contributed by atoms with Crippen molar-refractivity contribution >= 4 is 17.8 Å². The lowest BCUT2D eigenvalue weighted by Crippen LogP contribution is -2.33. The molecule has 0 saturated heterocycles. The fourth-order valence-electron chi connectivity index (χ4n) is 2.67. The molecule has 2 amide bonds. The van der Waals surface area contributed by atoms with E-state index in [2.05, 4.69) is 20.8 Å². The van der Waals surface area contributed by atoms with Crippen molar-refractivity contribution in [1.82, 2.24) is 5.06 Å². The predicted octanol–water partition coefficient (Wildman–Crippen LogP) is 3.28. The largest absolute Gasteiger partial charge is 0.337 e. The summed E-state index contributed by atoms with van der Waals surface area (Å²) in [6.45, 7) is 6.33. The van der Waals surface area contributed by atoms with Crippen LogP contribution in [0.3, 0.4) is 0 Å². The summed E-state index contributed by atoms with van der Waals surface area (Å²) in [5.74, 6) is -1.88. The number of hydrogen-bond acceptors (Lipinski definition) is 4. The number of amides is 2. The van der Waals surface area contributed by atoms with Crippen LogP contribution in [0.1, 0.15) is 52.6 Å². The van der Waals surface area contributed by atoms with Gasteiger partial charge in [-0.25, -0.2) is 4.79 Å². The SMILES string of the molecule is CC(C)(C)c1ccc(CC(=O)ON2C(=O)c3ccccc3C2=O)cc1. The molecule has 0 spiro atoms. The van der Waals surface area contributed by atoms with Crippen molar-refractivity contribution in [1.29, 1.82) is 0 Å². The maximum absolute atomic E-state index is 12.2. The number of fused-ring (bicyclic) bond motifs is 1. The van der Waals surface area contributed by atoms with Gasteiger partial charge in [0.15, 0.2) is 0 Å². The van der Waals surface area contributed by atoms with E-state index in [1.165, 1.54) is 12.1 Å². The molecule has 0 atom stereocenters. The Morgan fingerprint density at radius 1 is 0.920 bits per heavy atom. The molecule has 1 heterocycles. The Kier molecular flexibility index (Phi) is 4.17. The Morgan fingerprint density at radius 3 is 1.92 bits per heavy atom. The van der Waals surface area contributed by atoms with E-state index in [0.29, 0.717) is 5.06 Å². The van der Waals surface area contributed by atoms with E-state index < -0.39 is 17.8 Å². The molecule has 1 aliphatic rings. The summed E-state index contributed by atoms with van der Waals surface area (Å²) >= 11 is 0. The molecule has 5 nitrogen and oxygen atoms in total. The highest BCUT2D eigenvalue weighted by Gasteiger charge is 2.38. The molecule has 5 heteroatoms. The van der Waals surface area contributed by atoms with E-state index in [9.17, 15) is 14.4 Å². The maximum Gasteiger partial charge on any atom is 0.337 e. The number of rotatable bonds is 3. The zero-order valence-corrected chi connectivity index (χ0v) is 14.4. The van der Waals surface area contributed by atoms with Crippen LogP contribution in [-0.4, -0.2) is 22.8 Å². The first-order valence-corrected chi connectivity index (χ1v) is 8.05. The Labute approximate surface area is 146 Å². The fraction of sp³-hybridized carbons (Fsp3) is 0.250. The van der Waals surface area contributed by atoms with Gasteiger partial charge in [0.1, 0.15) is 0 Å². The third kappa shape index (κ3) is 3.31. The molecule has 2 aromatic rings. The lowest BCUT2D eigenvalue weighted by Gasteiger charge is -2.19. The summed E-state index contributed by atoms with van der Waals surface area (Å²) in [4.78, 5) is 41.5. The molecule has 0 radical (unpaired) electrons. The Balaban J connectivity index is 1.68. The van der Waals surface area contributed by atoms with E-state index in [0.717, 1.165) is 11.1 Å². The van der Waals surface area contributed by atoms with Gasteiger partial charge in [-0.3, -0.25) is 9.59 Å². The summed E-state index contributed by atoms with van der Waals surface area (Å²) in [6.07, 6.45) is -0.0160. The van der Waals surface area contributed by atoms with Gasteiger partial charge in [0.05, 0.1) is 17.5 Å². The van der Waals surface area contributed by atoms with Crippen LogP contribution in [0.25, 0.3) is 0 Å². The number of hydrogen-bond donors (Lipinski definition) is 0. The average molecular weight is 337 g/mol. The van der Waals surface area contributed by atoms with Gasteiger partial charge in [0, 0.05) is 0 Å². The Morgan fingerprint density at radius 2 is 1.44 bits per heavy atom. The van der Waals surface area contributed by atoms with Crippen LogP contribution in [0.5, 0.6) is 0 Å². The highest BCUT2D eigenvalue weighted by Crippen LogP contribution is 2.24. The molecular formula is C20H19NO4. The summed E-state index contributed by atoms with van der Waals surface area (Å²) in [6, 6.07) is 14.0. The minimum absolute atomic E-state index is 0.0160. The highest BCUT2D eigenvalue weighted by atomic mass is 16.7. The number of hydroxylamine groups is 2. The monoisotopic (exact) mass is 337 g/mol. The van der Waals surface area contributed by atoms with Gasteiger partial charge in [-0.05, 0) is 28.7 Å². The summed E-state index contributed by atoms with van der Waals surface area (Å²) < 4.78 is 0. The molecule has 0 fully saturated rings. The van der Waals surface area contributed by atoms with Gasteiger partial charge in [0.2, 0.25) is 0 Å². The molecule has 0 N–H and O–H groups in total. The molecule has 0 unspecified atom stereocenters. The van der Waals surface area contributed by atoms with Crippen LogP contribution in [0.2, 0.25) is 0 Å². The highest BCUT2D eigenvalue weighted by molar-refractivity contribution is 6.20. The molecule has 128 valence electrons. The normalized spacial score (nSPS) is 13.8. The van der Waals surface area contributed by atoms with Crippen molar-refractivity contribution in [2.24, 2.45) is 0 Å². The van der Waals surface area contributed by atoms with E-state index in [1.54, 1.807) is 12.1 Å². The summed E-state index contributed by atoms with van der Waals surface area (Å²) in [7, 11) is 0. The topological polar surface area (TPSA) is 63.7 Å². The van der Waals surface area contributed by atoms with E-state index in [4.69, 9.17) is 4.84 Å². The van der Waals surface area contributed by atoms with Crippen molar-refractivity contribution < 1.29 is 19.2 Å². The van der Waals surface area contributed by atoms with E-state index in [-0.39, 0.29) is 23.0 Å². The van der Waals surface area contributed by atoms with Crippen LogP contribution >= 0.6 is 0 Å². The first-order valence-electron chi connectivity index (χ1n) is 8.05. The van der Waals surface area contributed by atoms with Crippen LogP contribution in [0.4, 0.5) is 0 Å². The number of benzene rings is 2. The quantitative estimate of drug-likeness (QED) is 0.806. The van der Waals surface area contributed by atoms with Crippen LogP contribution in [0, 0.1) is 0 Å². The second-order valence-corrected chi connectivity index (χ2v) is 7.04. The van der Waals surface area contributed by atoms with E-state index in [1.807, 2.05) is 24.3 Å². The summed E-state index contributed by atoms with van der Waals surface area (Å²) in [5, 5.41) is 0.538. The van der Waals surface area contributed by atoms with Gasteiger partial charge >= 0.3 is 5.97 Å². The summed E-state index contributed by atoms with van der Waals surface area (Å²) in [5.41, 5.74) is 2.43. The maximum atomic E-state index is 12.2. The van der Waals surface area contributed by atoms with Crippen LogP contribution in [0.15, 0.2) is 48.5 Å². The van der Waals surface area contributed by atoms with E-state index >= 15 is 0 Å². The molecule has 0 aromatic heterocycles. The van der Waals surface area contributed by atoms with Gasteiger partial charge < -0.3 is 4.84 Å². The zero-order valence-electron chi connectivity index (χ0n) is 14.4. The second kappa shape index (κ2) is 6.16. The molecule has 2 aromatic carbocycles. The molecule has 25 heavy (non-hydrogen) atoms. The number of nitrogens with zero attached hydrogens (tertiary/aromatic N) is 1. The van der Waals surface area contributed by atoms with Gasteiger partial charge in [-0.1, -0.05) is 62.2 Å². The van der Waals surface area contributed by atoms with Crippen molar-refractivity contribution in [3.05, 3.63) is 70.8 Å². The Bertz CT molecular complexity index is 812. The predicted molar refractivity (Wildman–Crippen MR) is 91.9 cm³/mol. The first kappa shape index (κ1) is 16.9. The second-order valence-electron chi connectivity index (χ2n) is 7.04. The zero-order chi connectivity index (χ0) is 18.2. The molecular weight excluding hydrogens is 318 g/mol. The number of carbonyl (C=O) groups is 3. The van der Waals surface area contributed by atoms with Gasteiger partial charge in [-0.2, -0.15) is 0 Å². The first-order chi connectivity index (χ1) is 11.8. The smallest absolute Gasteiger partial charge is 0.329 e. The molecule has 3 rings (SSSR count). The van der Waals surface area contributed by atoms with Crippen molar-refractivity contribution in [2.45, 2.75) is 32.6 Å². The fourth-order valence-corrected chi connectivity index (χ4v) is 2.67. The Hall–Kier alpha value is -2.95. The average Bonchev–Trinajstić information content (AvgIpc) is 2.80.